The van der Waals surface area contributed by atoms with Crippen LogP contribution in [0.4, 0.5) is 0 Å². The molecule has 1 atom stereocenters. The molecule has 0 saturated carbocycles. The Bertz CT molecular complexity index is 511. The van der Waals surface area contributed by atoms with Gasteiger partial charge in [0.2, 0.25) is 5.91 Å². The van der Waals surface area contributed by atoms with E-state index >= 15 is 0 Å². The molecule has 134 valence electrons. The minimum absolute atomic E-state index is 0.0275. The molecule has 0 aliphatic carbocycles. The van der Waals surface area contributed by atoms with Crippen LogP contribution < -0.4 is 5.32 Å². The summed E-state index contributed by atoms with van der Waals surface area (Å²) in [6.45, 7) is 5.36. The second-order valence-corrected chi connectivity index (χ2v) is 7.31. The maximum atomic E-state index is 12.4. The van der Waals surface area contributed by atoms with Crippen molar-refractivity contribution in [3.05, 3.63) is 35.9 Å². The van der Waals surface area contributed by atoms with Crippen LogP contribution in [0.25, 0.3) is 0 Å². The van der Waals surface area contributed by atoms with Gasteiger partial charge in [-0.1, -0.05) is 30.3 Å². The van der Waals surface area contributed by atoms with Gasteiger partial charge in [-0.05, 0) is 52.5 Å². The van der Waals surface area contributed by atoms with Gasteiger partial charge in [-0.25, -0.2) is 0 Å². The van der Waals surface area contributed by atoms with Gasteiger partial charge in [0.15, 0.2) is 0 Å². The van der Waals surface area contributed by atoms with E-state index in [9.17, 15) is 9.90 Å². The molecule has 5 heteroatoms. The Kier molecular flexibility index (Phi) is 6.78. The van der Waals surface area contributed by atoms with Crippen molar-refractivity contribution >= 4 is 5.91 Å². The predicted octanol–water partition coefficient (Wildman–Crippen LogP) is 1.33. The third kappa shape index (κ3) is 5.03. The van der Waals surface area contributed by atoms with E-state index < -0.39 is 0 Å². The van der Waals surface area contributed by atoms with E-state index in [2.05, 4.69) is 15.1 Å². The van der Waals surface area contributed by atoms with Gasteiger partial charge in [0.1, 0.15) is 0 Å². The molecule has 2 N–H and O–H groups in total. The van der Waals surface area contributed by atoms with E-state index in [-0.39, 0.29) is 24.0 Å². The summed E-state index contributed by atoms with van der Waals surface area (Å²) >= 11 is 0. The van der Waals surface area contributed by atoms with E-state index in [1.807, 2.05) is 51.4 Å². The fourth-order valence-electron chi connectivity index (χ4n) is 3.52. The molecule has 24 heavy (non-hydrogen) atoms. The molecule has 0 spiro atoms. The molecule has 0 radical (unpaired) electrons. The van der Waals surface area contributed by atoms with E-state index in [0.717, 1.165) is 38.0 Å². The molecule has 1 heterocycles. The molecule has 2 rings (SSSR count). The van der Waals surface area contributed by atoms with Gasteiger partial charge in [-0.3, -0.25) is 9.69 Å². The Hall–Kier alpha value is -1.43. The lowest BCUT2D eigenvalue weighted by molar-refractivity contribution is -0.127. The smallest absolute Gasteiger partial charge is 0.237 e. The molecule has 1 amide bonds. The van der Waals surface area contributed by atoms with Crippen molar-refractivity contribution in [2.24, 2.45) is 5.41 Å². The molecule has 1 aromatic carbocycles. The maximum absolute atomic E-state index is 12.4. The standard InChI is InChI=1S/C19H31N3O2/c1-16(18(24)20-13-17-7-5-4-6-8-17)22-11-9-19(15-23,10-12-22)14-21(2)3/h4-8,16,23H,9-15H2,1-3H3,(H,20,24). The van der Waals surface area contributed by atoms with Gasteiger partial charge >= 0.3 is 0 Å². The number of likely N-dealkylation sites (tertiary alicyclic amines) is 1. The number of benzene rings is 1. The number of carbonyl (C=O) groups excluding carboxylic acids is 1. The minimum atomic E-state index is -0.134. The second-order valence-electron chi connectivity index (χ2n) is 7.31. The van der Waals surface area contributed by atoms with E-state index in [0.29, 0.717) is 6.54 Å². The molecule has 0 aromatic heterocycles. The lowest BCUT2D eigenvalue weighted by Crippen LogP contribution is -2.52. The van der Waals surface area contributed by atoms with Crippen molar-refractivity contribution in [2.75, 3.05) is 40.3 Å². The largest absolute Gasteiger partial charge is 0.396 e. The zero-order valence-electron chi connectivity index (χ0n) is 15.2. The monoisotopic (exact) mass is 333 g/mol. The summed E-state index contributed by atoms with van der Waals surface area (Å²) in [4.78, 5) is 16.8. The molecule has 5 nitrogen and oxygen atoms in total. The highest BCUT2D eigenvalue weighted by atomic mass is 16.3. The number of hydrogen-bond donors (Lipinski definition) is 2. The number of piperidine rings is 1. The van der Waals surface area contributed by atoms with Crippen LogP contribution in [-0.2, 0) is 11.3 Å². The zero-order chi connectivity index (χ0) is 17.6. The van der Waals surface area contributed by atoms with Crippen LogP contribution in [-0.4, -0.2) is 67.2 Å². The highest BCUT2D eigenvalue weighted by Gasteiger charge is 2.36. The molecule has 1 aromatic rings. The van der Waals surface area contributed by atoms with Gasteiger partial charge in [-0.15, -0.1) is 0 Å². The Balaban J connectivity index is 1.83. The number of aliphatic hydroxyl groups is 1. The highest BCUT2D eigenvalue weighted by Crippen LogP contribution is 2.32. The number of hydrogen-bond acceptors (Lipinski definition) is 4. The average Bonchev–Trinajstić information content (AvgIpc) is 2.60. The predicted molar refractivity (Wildman–Crippen MR) is 96.6 cm³/mol. The van der Waals surface area contributed by atoms with E-state index in [4.69, 9.17) is 0 Å². The van der Waals surface area contributed by atoms with Crippen molar-refractivity contribution in [2.45, 2.75) is 32.4 Å². The molecule has 0 bridgehead atoms. The Morgan fingerprint density at radius 1 is 1.29 bits per heavy atom. The van der Waals surface area contributed by atoms with E-state index in [1.54, 1.807) is 0 Å². The fraction of sp³-hybridized carbons (Fsp3) is 0.632. The van der Waals surface area contributed by atoms with Crippen LogP contribution in [0.2, 0.25) is 0 Å². The topological polar surface area (TPSA) is 55.8 Å². The van der Waals surface area contributed by atoms with Crippen LogP contribution in [0.1, 0.15) is 25.3 Å². The minimum Gasteiger partial charge on any atom is -0.396 e. The van der Waals surface area contributed by atoms with Gasteiger partial charge in [0.05, 0.1) is 12.6 Å². The molecular weight excluding hydrogens is 302 g/mol. The second kappa shape index (κ2) is 8.60. The number of nitrogens with zero attached hydrogens (tertiary/aromatic N) is 2. The summed E-state index contributed by atoms with van der Waals surface area (Å²) in [5, 5.41) is 12.8. The van der Waals surface area contributed by atoms with Crippen molar-refractivity contribution in [1.29, 1.82) is 0 Å². The highest BCUT2D eigenvalue weighted by molar-refractivity contribution is 5.81. The van der Waals surface area contributed by atoms with Crippen LogP contribution in [0, 0.1) is 5.41 Å². The van der Waals surface area contributed by atoms with Crippen molar-refractivity contribution in [3.63, 3.8) is 0 Å². The lowest BCUT2D eigenvalue weighted by Gasteiger charge is -2.43. The summed E-state index contributed by atoms with van der Waals surface area (Å²) in [7, 11) is 4.09. The zero-order valence-corrected chi connectivity index (χ0v) is 15.2. The maximum Gasteiger partial charge on any atom is 0.237 e. The quantitative estimate of drug-likeness (QED) is 0.790. The van der Waals surface area contributed by atoms with Gasteiger partial charge in [0, 0.05) is 18.5 Å². The molecule has 1 aliphatic heterocycles. The SMILES string of the molecule is CC(C(=O)NCc1ccccc1)N1CCC(CO)(CN(C)C)CC1. The summed E-state index contributed by atoms with van der Waals surface area (Å²) in [5.74, 6) is 0.0722. The molecule has 1 saturated heterocycles. The van der Waals surface area contributed by atoms with Crippen LogP contribution in [0.3, 0.4) is 0 Å². The van der Waals surface area contributed by atoms with Gasteiger partial charge < -0.3 is 15.3 Å². The first-order valence-electron chi connectivity index (χ1n) is 8.77. The summed E-state index contributed by atoms with van der Waals surface area (Å²) in [6.07, 6.45) is 1.86. The number of nitrogens with one attached hydrogen (secondary N) is 1. The number of carbonyl (C=O) groups is 1. The van der Waals surface area contributed by atoms with Crippen molar-refractivity contribution in [3.8, 4) is 0 Å². The first-order valence-corrected chi connectivity index (χ1v) is 8.77. The first-order chi connectivity index (χ1) is 11.5. The average molecular weight is 333 g/mol. The van der Waals surface area contributed by atoms with Crippen LogP contribution in [0.15, 0.2) is 30.3 Å². The Labute approximate surface area is 145 Å². The summed E-state index contributed by atoms with van der Waals surface area (Å²) < 4.78 is 0. The van der Waals surface area contributed by atoms with Gasteiger partial charge in [-0.2, -0.15) is 0 Å². The lowest BCUT2D eigenvalue weighted by atomic mass is 9.78. The summed E-state index contributed by atoms with van der Waals surface area (Å²) in [6, 6.07) is 9.84. The number of amides is 1. The van der Waals surface area contributed by atoms with E-state index in [1.165, 1.54) is 0 Å². The number of aliphatic hydroxyl groups excluding tert-OH is 1. The summed E-state index contributed by atoms with van der Waals surface area (Å²) in [5.41, 5.74) is 1.09. The molecule has 1 unspecified atom stereocenters. The van der Waals surface area contributed by atoms with Crippen molar-refractivity contribution < 1.29 is 9.90 Å². The Morgan fingerprint density at radius 3 is 2.46 bits per heavy atom. The number of rotatable bonds is 7. The molecular formula is C19H31N3O2. The first kappa shape index (κ1) is 18.9. The third-order valence-corrected chi connectivity index (χ3v) is 5.08. The fourth-order valence-corrected chi connectivity index (χ4v) is 3.52. The molecule has 1 fully saturated rings. The van der Waals surface area contributed by atoms with Crippen LogP contribution >= 0.6 is 0 Å². The molecule has 1 aliphatic rings. The Morgan fingerprint density at radius 2 is 1.92 bits per heavy atom. The normalized spacial score (nSPS) is 19.2. The van der Waals surface area contributed by atoms with Gasteiger partial charge in [0.25, 0.3) is 0 Å². The third-order valence-electron chi connectivity index (χ3n) is 5.08. The van der Waals surface area contributed by atoms with Crippen LogP contribution in [0.5, 0.6) is 0 Å². The van der Waals surface area contributed by atoms with Crippen molar-refractivity contribution in [1.82, 2.24) is 15.1 Å².